The van der Waals surface area contributed by atoms with E-state index in [2.05, 4.69) is 17.9 Å². The van der Waals surface area contributed by atoms with Crippen molar-refractivity contribution in [2.45, 2.75) is 39.2 Å². The Labute approximate surface area is 115 Å². The molecule has 0 amide bonds. The third kappa shape index (κ3) is 3.27. The SMILES string of the molecule is CC1CCCN(c2cc(C#N)ccc2[C@@H](C)O)CC1. The first-order valence-electron chi connectivity index (χ1n) is 7.09. The normalized spacial score (nSPS) is 21.6. The van der Waals surface area contributed by atoms with Gasteiger partial charge in [0.05, 0.1) is 17.7 Å². The zero-order chi connectivity index (χ0) is 13.8. The van der Waals surface area contributed by atoms with Crippen molar-refractivity contribution in [2.75, 3.05) is 18.0 Å². The Morgan fingerprint density at radius 1 is 1.37 bits per heavy atom. The molecule has 1 unspecified atom stereocenters. The lowest BCUT2D eigenvalue weighted by molar-refractivity contribution is 0.199. The van der Waals surface area contributed by atoms with Gasteiger partial charge < -0.3 is 10.0 Å². The second kappa shape index (κ2) is 6.08. The average molecular weight is 258 g/mol. The second-order valence-electron chi connectivity index (χ2n) is 5.58. The highest BCUT2D eigenvalue weighted by Gasteiger charge is 2.18. The van der Waals surface area contributed by atoms with E-state index in [0.717, 1.165) is 30.3 Å². The zero-order valence-corrected chi connectivity index (χ0v) is 11.8. The molecule has 2 atom stereocenters. The maximum atomic E-state index is 9.91. The fraction of sp³-hybridized carbons (Fsp3) is 0.562. The number of aliphatic hydroxyl groups is 1. The Bertz CT molecular complexity index is 476. The molecule has 19 heavy (non-hydrogen) atoms. The monoisotopic (exact) mass is 258 g/mol. The molecule has 0 bridgehead atoms. The minimum absolute atomic E-state index is 0.497. The zero-order valence-electron chi connectivity index (χ0n) is 11.8. The third-order valence-electron chi connectivity index (χ3n) is 3.97. The fourth-order valence-electron chi connectivity index (χ4n) is 2.74. The van der Waals surface area contributed by atoms with E-state index in [9.17, 15) is 5.11 Å². The van der Waals surface area contributed by atoms with Gasteiger partial charge in [-0.1, -0.05) is 13.0 Å². The van der Waals surface area contributed by atoms with Gasteiger partial charge in [-0.25, -0.2) is 0 Å². The van der Waals surface area contributed by atoms with Crippen LogP contribution in [0.15, 0.2) is 18.2 Å². The van der Waals surface area contributed by atoms with Crippen molar-refractivity contribution in [1.82, 2.24) is 0 Å². The Kier molecular flexibility index (Phi) is 4.44. The number of benzene rings is 1. The maximum Gasteiger partial charge on any atom is 0.0992 e. The lowest BCUT2D eigenvalue weighted by Gasteiger charge is -2.26. The minimum Gasteiger partial charge on any atom is -0.389 e. The molecule has 0 spiro atoms. The summed E-state index contributed by atoms with van der Waals surface area (Å²) in [4.78, 5) is 2.33. The number of aliphatic hydroxyl groups excluding tert-OH is 1. The predicted octanol–water partition coefficient (Wildman–Crippen LogP) is 3.24. The lowest BCUT2D eigenvalue weighted by atomic mass is 10.0. The van der Waals surface area contributed by atoms with Gasteiger partial charge in [-0.15, -0.1) is 0 Å². The molecule has 1 aromatic rings. The minimum atomic E-state index is -0.497. The van der Waals surface area contributed by atoms with E-state index in [-0.39, 0.29) is 0 Å². The Morgan fingerprint density at radius 2 is 2.16 bits per heavy atom. The molecule has 0 saturated carbocycles. The van der Waals surface area contributed by atoms with Crippen LogP contribution in [0, 0.1) is 17.2 Å². The molecule has 0 aromatic heterocycles. The van der Waals surface area contributed by atoms with E-state index in [1.807, 2.05) is 12.1 Å². The number of hydrogen-bond donors (Lipinski definition) is 1. The van der Waals surface area contributed by atoms with Crippen molar-refractivity contribution in [1.29, 1.82) is 5.26 Å². The van der Waals surface area contributed by atoms with E-state index >= 15 is 0 Å². The van der Waals surface area contributed by atoms with Crippen LogP contribution >= 0.6 is 0 Å². The first-order valence-corrected chi connectivity index (χ1v) is 7.09. The number of nitrogens with zero attached hydrogens (tertiary/aromatic N) is 2. The number of anilines is 1. The molecule has 1 heterocycles. The number of nitriles is 1. The molecule has 1 fully saturated rings. The van der Waals surface area contributed by atoms with Gasteiger partial charge in [-0.05, 0) is 44.2 Å². The van der Waals surface area contributed by atoms with E-state index in [1.54, 1.807) is 13.0 Å². The van der Waals surface area contributed by atoms with Crippen LogP contribution < -0.4 is 4.90 Å². The molecule has 1 aliphatic heterocycles. The molecule has 1 saturated heterocycles. The van der Waals surface area contributed by atoms with Crippen LogP contribution in [0.3, 0.4) is 0 Å². The first-order chi connectivity index (χ1) is 9.11. The summed E-state index contributed by atoms with van der Waals surface area (Å²) in [7, 11) is 0. The van der Waals surface area contributed by atoms with Gasteiger partial charge >= 0.3 is 0 Å². The molecular weight excluding hydrogens is 236 g/mol. The molecule has 0 aliphatic carbocycles. The van der Waals surface area contributed by atoms with Gasteiger partial charge in [-0.3, -0.25) is 0 Å². The molecule has 102 valence electrons. The molecule has 1 aromatic carbocycles. The van der Waals surface area contributed by atoms with Gasteiger partial charge in [0, 0.05) is 24.3 Å². The smallest absolute Gasteiger partial charge is 0.0992 e. The summed E-state index contributed by atoms with van der Waals surface area (Å²) in [6, 6.07) is 7.77. The summed E-state index contributed by atoms with van der Waals surface area (Å²) in [5.74, 6) is 0.763. The van der Waals surface area contributed by atoms with Crippen LogP contribution in [-0.2, 0) is 0 Å². The van der Waals surface area contributed by atoms with E-state index in [0.29, 0.717) is 5.56 Å². The van der Waals surface area contributed by atoms with Crippen molar-refractivity contribution in [3.8, 4) is 6.07 Å². The number of hydrogen-bond acceptors (Lipinski definition) is 3. The molecule has 1 aliphatic rings. The van der Waals surface area contributed by atoms with E-state index in [1.165, 1.54) is 19.3 Å². The predicted molar refractivity (Wildman–Crippen MR) is 77.0 cm³/mol. The fourth-order valence-corrected chi connectivity index (χ4v) is 2.74. The Hall–Kier alpha value is -1.53. The molecular formula is C16H22N2O. The highest BCUT2D eigenvalue weighted by atomic mass is 16.3. The van der Waals surface area contributed by atoms with Crippen molar-refractivity contribution in [3.63, 3.8) is 0 Å². The Morgan fingerprint density at radius 3 is 2.84 bits per heavy atom. The highest BCUT2D eigenvalue weighted by molar-refractivity contribution is 5.58. The van der Waals surface area contributed by atoms with E-state index < -0.39 is 6.10 Å². The van der Waals surface area contributed by atoms with Crippen LogP contribution in [0.5, 0.6) is 0 Å². The van der Waals surface area contributed by atoms with Gasteiger partial charge in [0.2, 0.25) is 0 Å². The van der Waals surface area contributed by atoms with Crippen molar-refractivity contribution < 1.29 is 5.11 Å². The molecule has 3 nitrogen and oxygen atoms in total. The molecule has 1 N–H and O–H groups in total. The largest absolute Gasteiger partial charge is 0.389 e. The summed E-state index contributed by atoms with van der Waals surface area (Å²) < 4.78 is 0. The van der Waals surface area contributed by atoms with Gasteiger partial charge in [0.1, 0.15) is 0 Å². The third-order valence-corrected chi connectivity index (χ3v) is 3.97. The van der Waals surface area contributed by atoms with Gasteiger partial charge in [0.15, 0.2) is 0 Å². The number of rotatable bonds is 2. The lowest BCUT2D eigenvalue weighted by Crippen LogP contribution is -2.25. The van der Waals surface area contributed by atoms with Crippen LogP contribution in [-0.4, -0.2) is 18.2 Å². The molecule has 3 heteroatoms. The summed E-state index contributed by atoms with van der Waals surface area (Å²) in [6.45, 7) is 6.10. The van der Waals surface area contributed by atoms with Gasteiger partial charge in [0.25, 0.3) is 0 Å². The summed E-state index contributed by atoms with van der Waals surface area (Å²) in [5, 5.41) is 19.0. The molecule has 2 rings (SSSR count). The summed E-state index contributed by atoms with van der Waals surface area (Å²) in [6.07, 6.45) is 3.12. The van der Waals surface area contributed by atoms with Crippen molar-refractivity contribution >= 4 is 5.69 Å². The van der Waals surface area contributed by atoms with Crippen LogP contribution in [0.4, 0.5) is 5.69 Å². The van der Waals surface area contributed by atoms with E-state index in [4.69, 9.17) is 5.26 Å². The topological polar surface area (TPSA) is 47.3 Å². The summed E-state index contributed by atoms with van der Waals surface area (Å²) in [5.41, 5.74) is 2.62. The second-order valence-corrected chi connectivity index (χ2v) is 5.58. The van der Waals surface area contributed by atoms with Crippen LogP contribution in [0.1, 0.15) is 50.3 Å². The Balaban J connectivity index is 2.33. The van der Waals surface area contributed by atoms with Crippen molar-refractivity contribution in [2.24, 2.45) is 5.92 Å². The van der Waals surface area contributed by atoms with Gasteiger partial charge in [-0.2, -0.15) is 5.26 Å². The van der Waals surface area contributed by atoms with Crippen LogP contribution in [0.25, 0.3) is 0 Å². The molecule has 0 radical (unpaired) electrons. The summed E-state index contributed by atoms with van der Waals surface area (Å²) >= 11 is 0. The standard InChI is InChI=1S/C16H22N2O/c1-12-4-3-8-18(9-7-12)16-10-14(11-17)5-6-15(16)13(2)19/h5-6,10,12-13,19H,3-4,7-9H2,1-2H3/t12?,13-/m1/s1. The average Bonchev–Trinajstić information content (AvgIpc) is 2.62. The van der Waals surface area contributed by atoms with Crippen LogP contribution in [0.2, 0.25) is 0 Å². The quantitative estimate of drug-likeness (QED) is 0.886. The highest BCUT2D eigenvalue weighted by Crippen LogP contribution is 2.30. The first kappa shape index (κ1) is 13.9. The van der Waals surface area contributed by atoms with Crippen molar-refractivity contribution in [3.05, 3.63) is 29.3 Å². The maximum absolute atomic E-state index is 9.91.